The molecule has 0 radical (unpaired) electrons. The summed E-state index contributed by atoms with van der Waals surface area (Å²) >= 11 is 1.13. The van der Waals surface area contributed by atoms with E-state index in [0.717, 1.165) is 23.6 Å². The van der Waals surface area contributed by atoms with E-state index in [0.29, 0.717) is 28.3 Å². The van der Waals surface area contributed by atoms with E-state index in [1.165, 1.54) is 23.5 Å². The second kappa shape index (κ2) is 8.13. The Morgan fingerprint density at radius 1 is 1.23 bits per heavy atom. The number of ether oxygens (including phenoxy) is 2. The number of nitrogens with zero attached hydrogens (tertiary/aromatic N) is 2. The molecule has 3 aromatic rings. The van der Waals surface area contributed by atoms with Crippen molar-refractivity contribution in [3.05, 3.63) is 59.1 Å². The number of methoxy groups -OCH3 is 1. The number of rotatable bonds is 4. The Morgan fingerprint density at radius 2 is 2.03 bits per heavy atom. The molecule has 3 heterocycles. The normalized spacial score (nSPS) is 15.1. The predicted molar refractivity (Wildman–Crippen MR) is 109 cm³/mol. The molecule has 164 valence electrons. The second-order valence-electron chi connectivity index (χ2n) is 6.72. The molecular weight excluding hydrogens is 453 g/mol. The maximum absolute atomic E-state index is 13.0. The topological polar surface area (TPSA) is 68.7 Å². The predicted octanol–water partition coefficient (Wildman–Crippen LogP) is 4.42. The zero-order valence-corrected chi connectivity index (χ0v) is 17.9. The van der Waals surface area contributed by atoms with Gasteiger partial charge in [0.25, 0.3) is 10.0 Å². The van der Waals surface area contributed by atoms with Gasteiger partial charge in [0.2, 0.25) is 0 Å². The van der Waals surface area contributed by atoms with Crippen LogP contribution in [-0.2, 0) is 22.7 Å². The van der Waals surface area contributed by atoms with Crippen molar-refractivity contribution < 1.29 is 31.1 Å². The van der Waals surface area contributed by atoms with Gasteiger partial charge < -0.3 is 9.47 Å². The van der Waals surface area contributed by atoms with Gasteiger partial charge in [0.05, 0.1) is 18.4 Å². The van der Waals surface area contributed by atoms with Crippen molar-refractivity contribution in [3.8, 4) is 22.8 Å². The summed E-state index contributed by atoms with van der Waals surface area (Å²) < 4.78 is 77.2. The summed E-state index contributed by atoms with van der Waals surface area (Å²) in [4.78, 5) is 3.93. The van der Waals surface area contributed by atoms with Crippen LogP contribution >= 0.6 is 11.3 Å². The lowest BCUT2D eigenvalue weighted by Crippen LogP contribution is -2.32. The standard InChI is InChI=1S/C20H17F3N2O4S2/c1-28-17-10-13(16-5-4-15(11-24-16)20(21,22)23)9-14-12-25(6-7-29-19(14)17)31(26,27)18-3-2-8-30-18/h2-5,8-11H,6-7,12H2,1H3. The van der Waals surface area contributed by atoms with Crippen molar-refractivity contribution >= 4 is 21.4 Å². The van der Waals surface area contributed by atoms with Gasteiger partial charge in [-0.2, -0.15) is 17.5 Å². The van der Waals surface area contributed by atoms with E-state index in [4.69, 9.17) is 9.47 Å². The fraction of sp³-hybridized carbons (Fsp3) is 0.250. The molecule has 0 fully saturated rings. The highest BCUT2D eigenvalue weighted by atomic mass is 32.2. The molecule has 0 unspecified atom stereocenters. The molecule has 0 saturated carbocycles. The van der Waals surface area contributed by atoms with Crippen LogP contribution in [0.2, 0.25) is 0 Å². The van der Waals surface area contributed by atoms with Gasteiger partial charge in [0, 0.05) is 30.4 Å². The highest BCUT2D eigenvalue weighted by molar-refractivity contribution is 7.91. The van der Waals surface area contributed by atoms with E-state index in [2.05, 4.69) is 4.98 Å². The summed E-state index contributed by atoms with van der Waals surface area (Å²) in [5.41, 5.74) is 0.470. The molecule has 0 amide bonds. The first-order chi connectivity index (χ1) is 14.7. The molecule has 0 aliphatic carbocycles. The third kappa shape index (κ3) is 4.25. The largest absolute Gasteiger partial charge is 0.493 e. The maximum Gasteiger partial charge on any atom is 0.417 e. The highest BCUT2D eigenvalue weighted by Crippen LogP contribution is 2.39. The van der Waals surface area contributed by atoms with E-state index in [-0.39, 0.29) is 23.9 Å². The first-order valence-electron chi connectivity index (χ1n) is 9.11. The van der Waals surface area contributed by atoms with Gasteiger partial charge in [-0.15, -0.1) is 11.3 Å². The lowest BCUT2D eigenvalue weighted by Gasteiger charge is -2.19. The summed E-state index contributed by atoms with van der Waals surface area (Å²) in [7, 11) is -2.27. The zero-order valence-electron chi connectivity index (χ0n) is 16.2. The molecule has 31 heavy (non-hydrogen) atoms. The lowest BCUT2D eigenvalue weighted by molar-refractivity contribution is -0.137. The molecule has 6 nitrogen and oxygen atoms in total. The average Bonchev–Trinajstić information content (AvgIpc) is 3.20. The van der Waals surface area contributed by atoms with Crippen LogP contribution in [0.15, 0.2) is 52.2 Å². The Hall–Kier alpha value is -2.63. The van der Waals surface area contributed by atoms with Crippen LogP contribution in [0, 0.1) is 0 Å². The highest BCUT2D eigenvalue weighted by Gasteiger charge is 2.32. The number of alkyl halides is 3. The van der Waals surface area contributed by atoms with Crippen molar-refractivity contribution in [3.63, 3.8) is 0 Å². The number of fused-ring (bicyclic) bond motifs is 1. The Balaban J connectivity index is 1.74. The van der Waals surface area contributed by atoms with Gasteiger partial charge >= 0.3 is 6.18 Å². The summed E-state index contributed by atoms with van der Waals surface area (Å²) in [5.74, 6) is 0.756. The molecule has 1 aromatic carbocycles. The third-order valence-corrected chi connectivity index (χ3v) is 7.98. The first kappa shape index (κ1) is 21.6. The van der Waals surface area contributed by atoms with Crippen molar-refractivity contribution in [1.29, 1.82) is 0 Å². The summed E-state index contributed by atoms with van der Waals surface area (Å²) in [6.45, 7) is 0.304. The number of sulfonamides is 1. The SMILES string of the molecule is COc1cc(-c2ccc(C(F)(F)F)cn2)cc2c1OCCN(S(=O)(=O)c1cccs1)C2. The number of hydrogen-bond donors (Lipinski definition) is 0. The molecule has 4 rings (SSSR count). The zero-order chi connectivity index (χ0) is 22.2. The van der Waals surface area contributed by atoms with Crippen molar-refractivity contribution in [2.45, 2.75) is 16.9 Å². The number of halogens is 3. The van der Waals surface area contributed by atoms with Crippen LogP contribution in [0.1, 0.15) is 11.1 Å². The van der Waals surface area contributed by atoms with E-state index in [1.54, 1.807) is 23.6 Å². The van der Waals surface area contributed by atoms with Gasteiger partial charge in [-0.25, -0.2) is 8.42 Å². The molecular formula is C20H17F3N2O4S2. The molecule has 0 atom stereocenters. The first-order valence-corrected chi connectivity index (χ1v) is 11.4. The Labute approximate surface area is 180 Å². The van der Waals surface area contributed by atoms with Crippen LogP contribution in [0.3, 0.4) is 0 Å². The molecule has 0 bridgehead atoms. The van der Waals surface area contributed by atoms with Crippen molar-refractivity contribution in [2.75, 3.05) is 20.3 Å². The summed E-state index contributed by atoms with van der Waals surface area (Å²) in [6.07, 6.45) is -3.72. The number of benzene rings is 1. The average molecular weight is 470 g/mol. The number of pyridine rings is 1. The van der Waals surface area contributed by atoms with Gasteiger partial charge in [-0.3, -0.25) is 4.98 Å². The van der Waals surface area contributed by atoms with Gasteiger partial charge in [0.1, 0.15) is 10.8 Å². The lowest BCUT2D eigenvalue weighted by atomic mass is 10.0. The maximum atomic E-state index is 13.0. The minimum absolute atomic E-state index is 0.0282. The molecule has 0 N–H and O–H groups in total. The number of thiophene rings is 1. The summed E-state index contributed by atoms with van der Waals surface area (Å²) in [6, 6.07) is 8.69. The van der Waals surface area contributed by atoms with E-state index in [1.807, 2.05) is 0 Å². The van der Waals surface area contributed by atoms with Crippen molar-refractivity contribution in [2.24, 2.45) is 0 Å². The fourth-order valence-electron chi connectivity index (χ4n) is 3.23. The monoisotopic (exact) mass is 470 g/mol. The molecule has 1 aliphatic heterocycles. The molecule has 0 saturated heterocycles. The van der Waals surface area contributed by atoms with Gasteiger partial charge in [0.15, 0.2) is 11.5 Å². The van der Waals surface area contributed by atoms with Gasteiger partial charge in [-0.1, -0.05) is 6.07 Å². The third-order valence-electron chi connectivity index (χ3n) is 4.76. The van der Waals surface area contributed by atoms with Gasteiger partial charge in [-0.05, 0) is 35.7 Å². The van der Waals surface area contributed by atoms with Crippen LogP contribution < -0.4 is 9.47 Å². The Kier molecular flexibility index (Phi) is 5.67. The van der Waals surface area contributed by atoms with E-state index >= 15 is 0 Å². The Bertz CT molecular complexity index is 1180. The van der Waals surface area contributed by atoms with E-state index in [9.17, 15) is 21.6 Å². The smallest absolute Gasteiger partial charge is 0.417 e. The molecule has 11 heteroatoms. The molecule has 1 aliphatic rings. The van der Waals surface area contributed by atoms with Crippen LogP contribution in [0.25, 0.3) is 11.3 Å². The minimum Gasteiger partial charge on any atom is -0.493 e. The van der Waals surface area contributed by atoms with Crippen LogP contribution in [-0.4, -0.2) is 38.0 Å². The Morgan fingerprint density at radius 3 is 2.65 bits per heavy atom. The van der Waals surface area contributed by atoms with Crippen LogP contribution in [0.5, 0.6) is 11.5 Å². The summed E-state index contributed by atoms with van der Waals surface area (Å²) in [5, 5.41) is 1.69. The number of hydrogen-bond acceptors (Lipinski definition) is 6. The van der Waals surface area contributed by atoms with E-state index < -0.39 is 21.8 Å². The fourth-order valence-corrected chi connectivity index (χ4v) is 5.78. The second-order valence-corrected chi connectivity index (χ2v) is 9.83. The minimum atomic E-state index is -4.48. The number of aromatic nitrogens is 1. The molecule has 0 spiro atoms. The van der Waals surface area contributed by atoms with Crippen molar-refractivity contribution in [1.82, 2.24) is 9.29 Å². The van der Waals surface area contributed by atoms with Crippen LogP contribution in [0.4, 0.5) is 13.2 Å². The molecule has 2 aromatic heterocycles. The quantitative estimate of drug-likeness (QED) is 0.565.